The Bertz CT molecular complexity index is 377. The van der Waals surface area contributed by atoms with Crippen molar-refractivity contribution in [1.29, 1.82) is 0 Å². The maximum absolute atomic E-state index is 5.66. The highest BCUT2D eigenvalue weighted by Gasteiger charge is 2.24. The summed E-state index contributed by atoms with van der Waals surface area (Å²) in [4.78, 5) is 3.11. The fourth-order valence-electron chi connectivity index (χ4n) is 2.47. The number of hydrogen-bond acceptors (Lipinski definition) is 2. The third-order valence-electron chi connectivity index (χ3n) is 3.56. The summed E-state index contributed by atoms with van der Waals surface area (Å²) >= 11 is 5.03. The molecule has 1 aromatic rings. The van der Waals surface area contributed by atoms with E-state index in [1.54, 1.807) is 0 Å². The van der Waals surface area contributed by atoms with Crippen molar-refractivity contribution in [2.45, 2.75) is 19.3 Å². The summed E-state index contributed by atoms with van der Waals surface area (Å²) in [5.41, 5.74) is 7.12. The van der Waals surface area contributed by atoms with Crippen LogP contribution in [0.25, 0.3) is 0 Å². The van der Waals surface area contributed by atoms with E-state index < -0.39 is 0 Å². The second-order valence-electron chi connectivity index (χ2n) is 4.96. The molecule has 0 radical (unpaired) electrons. The van der Waals surface area contributed by atoms with Crippen molar-refractivity contribution in [1.82, 2.24) is 4.90 Å². The van der Waals surface area contributed by atoms with Crippen LogP contribution in [0.1, 0.15) is 24.8 Å². The summed E-state index contributed by atoms with van der Waals surface area (Å²) in [6.45, 7) is 5.40. The lowest BCUT2D eigenvalue weighted by Crippen LogP contribution is -2.32. The molecule has 1 saturated heterocycles. The average Bonchev–Trinajstić information content (AvgIpc) is 2.78. The van der Waals surface area contributed by atoms with Gasteiger partial charge in [-0.15, -0.1) is 0 Å². The smallest absolute Gasteiger partial charge is 0.0768 e. The second-order valence-corrected chi connectivity index (χ2v) is 5.43. The first-order valence-electron chi connectivity index (χ1n) is 6.23. The van der Waals surface area contributed by atoms with Gasteiger partial charge < -0.3 is 10.6 Å². The molecule has 0 aliphatic carbocycles. The van der Waals surface area contributed by atoms with Crippen LogP contribution < -0.4 is 5.73 Å². The minimum absolute atomic E-state index is 0.319. The van der Waals surface area contributed by atoms with Crippen LogP contribution in [0.3, 0.4) is 0 Å². The molecule has 0 bridgehead atoms. The Kier molecular flexibility index (Phi) is 4.13. The molecular weight excluding hydrogens is 228 g/mol. The van der Waals surface area contributed by atoms with E-state index in [4.69, 9.17) is 18.0 Å². The molecule has 3 heteroatoms. The molecule has 1 fully saturated rings. The molecular formula is C14H20N2S. The van der Waals surface area contributed by atoms with Crippen molar-refractivity contribution in [3.63, 3.8) is 0 Å². The molecule has 2 atom stereocenters. The van der Waals surface area contributed by atoms with E-state index in [2.05, 4.69) is 42.2 Å². The first-order chi connectivity index (χ1) is 8.16. The number of benzene rings is 1. The molecule has 92 valence electrons. The summed E-state index contributed by atoms with van der Waals surface area (Å²) in [5, 5.41) is 0. The van der Waals surface area contributed by atoms with E-state index in [-0.39, 0.29) is 0 Å². The minimum atomic E-state index is 0.319. The van der Waals surface area contributed by atoms with Crippen molar-refractivity contribution in [2.75, 3.05) is 19.6 Å². The van der Waals surface area contributed by atoms with Gasteiger partial charge in [-0.2, -0.15) is 0 Å². The molecule has 1 aromatic carbocycles. The van der Waals surface area contributed by atoms with Gasteiger partial charge in [0.05, 0.1) is 4.99 Å². The van der Waals surface area contributed by atoms with Gasteiger partial charge in [-0.1, -0.05) is 49.5 Å². The summed E-state index contributed by atoms with van der Waals surface area (Å²) < 4.78 is 0. The van der Waals surface area contributed by atoms with Crippen molar-refractivity contribution < 1.29 is 0 Å². The van der Waals surface area contributed by atoms with Crippen molar-refractivity contribution in [3.05, 3.63) is 35.9 Å². The van der Waals surface area contributed by atoms with Gasteiger partial charge in [-0.3, -0.25) is 0 Å². The Morgan fingerprint density at radius 1 is 1.47 bits per heavy atom. The summed E-state index contributed by atoms with van der Waals surface area (Å²) in [6.07, 6.45) is 1.24. The number of hydrogen-bond donors (Lipinski definition) is 1. The predicted octanol–water partition coefficient (Wildman–Crippen LogP) is 2.40. The fourth-order valence-corrected chi connectivity index (χ4v) is 2.55. The highest BCUT2D eigenvalue weighted by atomic mass is 32.1. The maximum Gasteiger partial charge on any atom is 0.0768 e. The molecule has 2 rings (SSSR count). The molecule has 0 amide bonds. The van der Waals surface area contributed by atoms with E-state index in [1.165, 1.54) is 12.0 Å². The minimum Gasteiger partial charge on any atom is -0.393 e. The van der Waals surface area contributed by atoms with Crippen molar-refractivity contribution in [3.8, 4) is 0 Å². The number of rotatable bonds is 4. The summed E-state index contributed by atoms with van der Waals surface area (Å²) in [7, 11) is 0. The largest absolute Gasteiger partial charge is 0.393 e. The lowest BCUT2D eigenvalue weighted by atomic mass is 9.99. The second kappa shape index (κ2) is 5.61. The summed E-state index contributed by atoms with van der Waals surface area (Å²) in [6, 6.07) is 10.8. The normalized spacial score (nSPS) is 22.5. The molecule has 17 heavy (non-hydrogen) atoms. The van der Waals surface area contributed by atoms with Crippen molar-refractivity contribution >= 4 is 17.2 Å². The molecule has 0 aromatic heterocycles. The van der Waals surface area contributed by atoms with E-state index in [1.807, 2.05) is 0 Å². The van der Waals surface area contributed by atoms with Gasteiger partial charge in [0.2, 0.25) is 0 Å². The zero-order valence-electron chi connectivity index (χ0n) is 10.3. The van der Waals surface area contributed by atoms with Crippen LogP contribution in [0, 0.1) is 5.92 Å². The number of nitrogens with two attached hydrogens (primary N) is 1. The van der Waals surface area contributed by atoms with Crippen LogP contribution >= 0.6 is 12.2 Å². The number of likely N-dealkylation sites (tertiary alicyclic amines) is 1. The Hall–Kier alpha value is -0.930. The third-order valence-corrected chi connectivity index (χ3v) is 3.96. The number of thiocarbonyl (C=S) groups is 1. The highest BCUT2D eigenvalue weighted by Crippen LogP contribution is 2.27. The van der Waals surface area contributed by atoms with Crippen LogP contribution in [0.15, 0.2) is 30.3 Å². The van der Waals surface area contributed by atoms with E-state index in [9.17, 15) is 0 Å². The average molecular weight is 248 g/mol. The first-order valence-corrected chi connectivity index (χ1v) is 6.64. The van der Waals surface area contributed by atoms with Crippen LogP contribution in [0.2, 0.25) is 0 Å². The molecule has 0 saturated carbocycles. The van der Waals surface area contributed by atoms with Gasteiger partial charge in [0.1, 0.15) is 0 Å². The molecule has 0 spiro atoms. The highest BCUT2D eigenvalue weighted by molar-refractivity contribution is 7.80. The van der Waals surface area contributed by atoms with Gasteiger partial charge in [0, 0.05) is 19.0 Å². The van der Waals surface area contributed by atoms with E-state index in [0.717, 1.165) is 19.6 Å². The molecule has 1 aliphatic heterocycles. The van der Waals surface area contributed by atoms with Crippen molar-refractivity contribution in [2.24, 2.45) is 11.7 Å². The van der Waals surface area contributed by atoms with Crippen LogP contribution in [-0.4, -0.2) is 29.5 Å². The molecule has 2 unspecified atom stereocenters. The Balaban J connectivity index is 1.90. The standard InChI is InChI=1S/C14H20N2S/c1-11(14(15)17)9-16-8-7-13(10-16)12-5-3-2-4-6-12/h2-6,11,13H,7-10H2,1H3,(H2,15,17). The quantitative estimate of drug-likeness (QED) is 0.830. The number of nitrogens with zero attached hydrogens (tertiary/aromatic N) is 1. The van der Waals surface area contributed by atoms with Gasteiger partial charge in [0.15, 0.2) is 0 Å². The first kappa shape index (κ1) is 12.5. The molecule has 1 aliphatic rings. The zero-order valence-corrected chi connectivity index (χ0v) is 11.1. The van der Waals surface area contributed by atoms with Gasteiger partial charge in [0.25, 0.3) is 0 Å². The monoisotopic (exact) mass is 248 g/mol. The van der Waals surface area contributed by atoms with Gasteiger partial charge >= 0.3 is 0 Å². The Morgan fingerprint density at radius 2 is 2.18 bits per heavy atom. The zero-order chi connectivity index (χ0) is 12.3. The SMILES string of the molecule is CC(CN1CCC(c2ccccc2)C1)C(N)=S. The molecule has 2 nitrogen and oxygen atoms in total. The van der Waals surface area contributed by atoms with Crippen LogP contribution in [0.4, 0.5) is 0 Å². The molecule has 1 heterocycles. The topological polar surface area (TPSA) is 29.3 Å². The van der Waals surface area contributed by atoms with E-state index in [0.29, 0.717) is 16.8 Å². The van der Waals surface area contributed by atoms with Gasteiger partial charge in [-0.25, -0.2) is 0 Å². The van der Waals surface area contributed by atoms with Crippen LogP contribution in [-0.2, 0) is 0 Å². The van der Waals surface area contributed by atoms with Gasteiger partial charge in [-0.05, 0) is 24.4 Å². The van der Waals surface area contributed by atoms with Crippen LogP contribution in [0.5, 0.6) is 0 Å². The lowest BCUT2D eigenvalue weighted by molar-refractivity contribution is 0.315. The predicted molar refractivity (Wildman–Crippen MR) is 76.2 cm³/mol. The summed E-state index contributed by atoms with van der Waals surface area (Å²) in [5.74, 6) is 0.995. The lowest BCUT2D eigenvalue weighted by Gasteiger charge is -2.20. The maximum atomic E-state index is 5.66. The van der Waals surface area contributed by atoms with E-state index >= 15 is 0 Å². The molecule has 2 N–H and O–H groups in total. The Labute approximate surface area is 109 Å². The Morgan fingerprint density at radius 3 is 2.82 bits per heavy atom. The fraction of sp³-hybridized carbons (Fsp3) is 0.500. The third kappa shape index (κ3) is 3.27.